The maximum Gasteiger partial charge on any atom is 0.220 e. The van der Waals surface area contributed by atoms with Gasteiger partial charge in [-0.15, -0.1) is 0 Å². The smallest absolute Gasteiger partial charge is 0.220 e. The first-order valence-corrected chi connectivity index (χ1v) is 15.0. The number of halogens is 1. The van der Waals surface area contributed by atoms with Crippen molar-refractivity contribution in [3.8, 4) is 5.75 Å². The monoisotopic (exact) mass is 636 g/mol. The van der Waals surface area contributed by atoms with Crippen molar-refractivity contribution >= 4 is 5.91 Å². The molecule has 0 aliphatic rings. The van der Waals surface area contributed by atoms with Gasteiger partial charge in [0.1, 0.15) is 12.3 Å². The summed E-state index contributed by atoms with van der Waals surface area (Å²) in [5, 5.41) is 0. The highest BCUT2D eigenvalue weighted by atomic mass is 127. The van der Waals surface area contributed by atoms with Crippen LogP contribution in [-0.4, -0.2) is 17.4 Å². The highest BCUT2D eigenvalue weighted by Crippen LogP contribution is 2.24. The second-order valence-electron chi connectivity index (χ2n) is 10.6. The number of nitrogens with zero attached hydrogens (tertiary/aromatic N) is 2. The maximum atomic E-state index is 12.4. The van der Waals surface area contributed by atoms with Crippen molar-refractivity contribution in [1.29, 1.82) is 0 Å². The number of hydrogen-bond acceptors (Lipinski definition) is 2. The summed E-state index contributed by atoms with van der Waals surface area (Å²) >= 11 is 0. The first kappa shape index (κ1) is 34.4. The average Bonchev–Trinajstić information content (AvgIpc) is 2.89. The zero-order valence-electron chi connectivity index (χ0n) is 24.7. The van der Waals surface area contributed by atoms with Gasteiger partial charge in [-0.05, 0) is 36.1 Å². The van der Waals surface area contributed by atoms with Gasteiger partial charge < -0.3 is 33.6 Å². The van der Waals surface area contributed by atoms with Crippen molar-refractivity contribution in [3.63, 3.8) is 0 Å². The molecule has 2 aromatic rings. The highest BCUT2D eigenvalue weighted by molar-refractivity contribution is 5.73. The minimum atomic E-state index is 0. The first-order valence-electron chi connectivity index (χ1n) is 15.0. The topological polar surface area (TPSA) is 33.4 Å². The predicted octanol–water partition coefficient (Wildman–Crippen LogP) is 5.33. The van der Waals surface area contributed by atoms with Crippen molar-refractivity contribution in [2.45, 2.75) is 131 Å². The summed E-state index contributed by atoms with van der Waals surface area (Å²) in [5.41, 5.74) is 3.44. The molecule has 0 radical (unpaired) electrons. The van der Waals surface area contributed by atoms with Crippen LogP contribution in [0.2, 0.25) is 0 Å². The third-order valence-corrected chi connectivity index (χ3v) is 7.27. The molecule has 0 aliphatic carbocycles. The Morgan fingerprint density at radius 1 is 0.789 bits per heavy atom. The summed E-state index contributed by atoms with van der Waals surface area (Å²) in [6, 6.07) is 10.5. The van der Waals surface area contributed by atoms with Crippen molar-refractivity contribution in [3.05, 3.63) is 59.4 Å². The Balaban J connectivity index is 0.00000722. The van der Waals surface area contributed by atoms with E-state index in [9.17, 15) is 4.79 Å². The summed E-state index contributed by atoms with van der Waals surface area (Å²) in [6.45, 7) is 11.2. The van der Waals surface area contributed by atoms with E-state index in [1.54, 1.807) is 6.92 Å². The Labute approximate surface area is 250 Å². The molecule has 1 aromatic carbocycles. The number of unbranched alkanes of at least 4 members (excludes halogenated alkanes) is 11. The number of carbonyl (C=O) groups is 1. The normalized spacial score (nSPS) is 10.7. The van der Waals surface area contributed by atoms with Gasteiger partial charge in [0.2, 0.25) is 5.91 Å². The molecule has 0 aliphatic heterocycles. The molecule has 0 saturated heterocycles. The number of carbonyl (C=O) groups excluding carboxylic acids is 1. The van der Waals surface area contributed by atoms with E-state index >= 15 is 0 Å². The molecular formula is C33H53IN2O2. The van der Waals surface area contributed by atoms with Gasteiger partial charge in [-0.2, -0.15) is 0 Å². The molecule has 38 heavy (non-hydrogen) atoms. The Kier molecular flexibility index (Phi) is 19.2. The molecule has 0 N–H and O–H groups in total. The second kappa shape index (κ2) is 21.2. The van der Waals surface area contributed by atoms with Crippen LogP contribution in [0.5, 0.6) is 5.75 Å². The number of hydrogen-bond donors (Lipinski definition) is 0. The van der Waals surface area contributed by atoms with Crippen LogP contribution < -0.4 is 33.3 Å². The van der Waals surface area contributed by atoms with Crippen molar-refractivity contribution in [1.82, 2.24) is 4.90 Å². The number of pyridine rings is 1. The molecule has 5 heteroatoms. The Bertz CT molecular complexity index is 885. The summed E-state index contributed by atoms with van der Waals surface area (Å²) in [7, 11) is 0. The number of ether oxygens (including phenoxy) is 1. The fourth-order valence-electron chi connectivity index (χ4n) is 4.82. The van der Waals surface area contributed by atoms with Crippen LogP contribution >= 0.6 is 0 Å². The summed E-state index contributed by atoms with van der Waals surface area (Å²) in [6.07, 6.45) is 21.5. The molecule has 4 nitrogen and oxygen atoms in total. The quantitative estimate of drug-likeness (QED) is 0.112. The van der Waals surface area contributed by atoms with Crippen LogP contribution in [-0.2, 0) is 24.4 Å². The molecule has 214 valence electrons. The van der Waals surface area contributed by atoms with Crippen LogP contribution in [0.4, 0.5) is 0 Å². The fraction of sp³-hybridized carbons (Fsp3) is 0.636. The lowest BCUT2D eigenvalue weighted by molar-refractivity contribution is -0.697. The van der Waals surface area contributed by atoms with Crippen LogP contribution in [0, 0.1) is 6.92 Å². The average molecular weight is 637 g/mol. The van der Waals surface area contributed by atoms with Gasteiger partial charge in [0, 0.05) is 38.6 Å². The van der Waals surface area contributed by atoms with Gasteiger partial charge in [0.25, 0.3) is 0 Å². The lowest BCUT2D eigenvalue weighted by atomic mass is 10.1. The van der Waals surface area contributed by atoms with E-state index in [2.05, 4.69) is 68.1 Å². The molecule has 0 unspecified atom stereocenters. The van der Waals surface area contributed by atoms with Gasteiger partial charge in [0.05, 0.1) is 6.61 Å². The number of aryl methyl sites for hydroxylation is 1. The zero-order valence-corrected chi connectivity index (χ0v) is 26.8. The Hall–Kier alpha value is -1.63. The maximum absolute atomic E-state index is 12.4. The van der Waals surface area contributed by atoms with Crippen molar-refractivity contribution in [2.24, 2.45) is 0 Å². The lowest BCUT2D eigenvalue weighted by Crippen LogP contribution is -3.00. The van der Waals surface area contributed by atoms with Crippen LogP contribution in [0.3, 0.4) is 0 Å². The SMILES string of the molecule is CCCCCCCCCCCCCCOc1cccc(CN(Cc2cc[n+](CCC)cc2)C(C)=O)c1C.[I-]. The first-order chi connectivity index (χ1) is 18.0. The van der Waals surface area contributed by atoms with Gasteiger partial charge in [-0.25, -0.2) is 4.57 Å². The van der Waals surface area contributed by atoms with Crippen LogP contribution in [0.25, 0.3) is 0 Å². The summed E-state index contributed by atoms with van der Waals surface area (Å²) in [5.74, 6) is 1.04. The minimum Gasteiger partial charge on any atom is -1.00 e. The largest absolute Gasteiger partial charge is 1.00 e. The van der Waals surface area contributed by atoms with Crippen molar-refractivity contribution < 1.29 is 38.1 Å². The minimum absolute atomic E-state index is 0. The molecule has 0 bridgehead atoms. The zero-order chi connectivity index (χ0) is 26.7. The van der Waals surface area contributed by atoms with Gasteiger partial charge in [0.15, 0.2) is 12.4 Å². The lowest BCUT2D eigenvalue weighted by Gasteiger charge is -2.23. The van der Waals surface area contributed by atoms with E-state index in [0.29, 0.717) is 13.1 Å². The van der Waals surface area contributed by atoms with E-state index in [1.807, 2.05) is 4.90 Å². The standard InChI is InChI=1S/C33H53N2O2.HI/c1-5-7-8-9-10-11-12-13-14-15-16-17-26-37-33-20-18-19-32(29(33)3)28-35(30(4)36)27-31-21-24-34(23-6-2)25-22-31;/h18-22,24-25H,5-17,23,26-28H2,1-4H3;1H/q+1;/p-1. The van der Waals surface area contributed by atoms with Crippen LogP contribution in [0.15, 0.2) is 42.7 Å². The number of amides is 1. The van der Waals surface area contributed by atoms with Gasteiger partial charge in [-0.3, -0.25) is 4.79 Å². The molecule has 1 aromatic heterocycles. The van der Waals surface area contributed by atoms with Gasteiger partial charge in [-0.1, -0.05) is 96.6 Å². The third-order valence-electron chi connectivity index (χ3n) is 7.27. The molecule has 2 rings (SSSR count). The molecule has 1 amide bonds. The third kappa shape index (κ3) is 14.0. The number of rotatable bonds is 20. The van der Waals surface area contributed by atoms with Crippen molar-refractivity contribution in [2.75, 3.05) is 6.61 Å². The second-order valence-corrected chi connectivity index (χ2v) is 10.6. The number of aromatic nitrogens is 1. The summed E-state index contributed by atoms with van der Waals surface area (Å²) < 4.78 is 8.34. The van der Waals surface area contributed by atoms with Crippen LogP contribution in [0.1, 0.15) is 121 Å². The molecular weight excluding hydrogens is 583 g/mol. The van der Waals surface area contributed by atoms with E-state index in [1.165, 1.54) is 70.6 Å². The highest BCUT2D eigenvalue weighted by Gasteiger charge is 2.14. The Morgan fingerprint density at radius 3 is 1.92 bits per heavy atom. The fourth-order valence-corrected chi connectivity index (χ4v) is 4.82. The predicted molar refractivity (Wildman–Crippen MR) is 155 cm³/mol. The molecule has 0 atom stereocenters. The Morgan fingerprint density at radius 2 is 1.37 bits per heavy atom. The molecule has 1 heterocycles. The van der Waals surface area contributed by atoms with E-state index in [4.69, 9.17) is 4.74 Å². The molecule has 0 fully saturated rings. The van der Waals surface area contributed by atoms with E-state index in [-0.39, 0.29) is 29.9 Å². The van der Waals surface area contributed by atoms with E-state index in [0.717, 1.165) is 48.4 Å². The van der Waals surface area contributed by atoms with Gasteiger partial charge >= 0.3 is 0 Å². The summed E-state index contributed by atoms with van der Waals surface area (Å²) in [4.78, 5) is 14.3. The molecule has 0 spiro atoms. The molecule has 0 saturated carbocycles. The van der Waals surface area contributed by atoms with E-state index < -0.39 is 0 Å². The number of benzene rings is 1.